The molecule has 0 fully saturated rings. The summed E-state index contributed by atoms with van der Waals surface area (Å²) in [5.41, 5.74) is 8.45. The van der Waals surface area contributed by atoms with Gasteiger partial charge in [-0.2, -0.15) is 15.5 Å². The second kappa shape index (κ2) is 5.36. The van der Waals surface area contributed by atoms with Crippen molar-refractivity contribution in [3.8, 4) is 28.6 Å². The minimum absolute atomic E-state index is 0.583. The highest BCUT2D eigenvalue weighted by Gasteiger charge is 2.20. The second-order valence-corrected chi connectivity index (χ2v) is 5.78. The molecule has 3 aromatic heterocycles. The lowest BCUT2D eigenvalue weighted by molar-refractivity contribution is 1.02. The summed E-state index contributed by atoms with van der Waals surface area (Å²) in [7, 11) is 0. The van der Waals surface area contributed by atoms with Gasteiger partial charge in [-0.15, -0.1) is 0 Å². The van der Waals surface area contributed by atoms with E-state index in [0.29, 0.717) is 11.3 Å². The number of rotatable bonds is 2. The summed E-state index contributed by atoms with van der Waals surface area (Å²) < 4.78 is 0. The molecule has 0 radical (unpaired) electrons. The van der Waals surface area contributed by atoms with Crippen molar-refractivity contribution in [3.05, 3.63) is 40.0 Å². The fourth-order valence-corrected chi connectivity index (χ4v) is 2.95. The molecule has 0 bridgehead atoms. The quantitative estimate of drug-likeness (QED) is 0.759. The van der Waals surface area contributed by atoms with E-state index in [9.17, 15) is 5.26 Å². The molecule has 0 aliphatic carbocycles. The van der Waals surface area contributed by atoms with E-state index in [1.54, 1.807) is 0 Å². The van der Waals surface area contributed by atoms with Crippen molar-refractivity contribution in [2.75, 3.05) is 0 Å². The molecule has 0 aromatic carbocycles. The Balaban J connectivity index is 2.34. The molecule has 0 atom stereocenters. The lowest BCUT2D eigenvalue weighted by Crippen LogP contribution is -1.98. The van der Waals surface area contributed by atoms with Crippen LogP contribution in [-0.4, -0.2) is 25.4 Å². The van der Waals surface area contributed by atoms with Gasteiger partial charge in [-0.25, -0.2) is 4.98 Å². The zero-order valence-electron chi connectivity index (χ0n) is 13.9. The normalized spacial score (nSPS) is 10.8. The molecular weight excluding hydrogens is 288 g/mol. The molecule has 0 aliphatic heterocycles. The summed E-state index contributed by atoms with van der Waals surface area (Å²) in [6.07, 6.45) is 0. The number of aryl methyl sites for hydroxylation is 5. The average molecular weight is 306 g/mol. The number of aromatic nitrogens is 5. The van der Waals surface area contributed by atoms with E-state index in [-0.39, 0.29) is 0 Å². The van der Waals surface area contributed by atoms with Crippen LogP contribution in [0.1, 0.15) is 33.9 Å². The zero-order chi connectivity index (χ0) is 16.7. The lowest BCUT2D eigenvalue weighted by atomic mass is 9.98. The predicted octanol–water partition coefficient (Wildman–Crippen LogP) is 3.28. The average Bonchev–Trinajstić information content (AvgIpc) is 3.00. The maximum absolute atomic E-state index is 9.57. The van der Waals surface area contributed by atoms with Crippen LogP contribution < -0.4 is 0 Å². The summed E-state index contributed by atoms with van der Waals surface area (Å²) in [4.78, 5) is 4.79. The van der Waals surface area contributed by atoms with Crippen molar-refractivity contribution in [1.82, 2.24) is 25.4 Å². The molecule has 3 rings (SSSR count). The molecular formula is C17H18N6. The van der Waals surface area contributed by atoms with Crippen LogP contribution in [0.15, 0.2) is 6.07 Å². The third kappa shape index (κ3) is 2.30. The van der Waals surface area contributed by atoms with Crippen LogP contribution >= 0.6 is 0 Å². The monoisotopic (exact) mass is 306 g/mol. The van der Waals surface area contributed by atoms with Gasteiger partial charge in [-0.1, -0.05) is 0 Å². The highest BCUT2D eigenvalue weighted by Crippen LogP contribution is 2.33. The van der Waals surface area contributed by atoms with Gasteiger partial charge >= 0.3 is 0 Å². The Labute approximate surface area is 134 Å². The first-order valence-corrected chi connectivity index (χ1v) is 7.39. The molecule has 0 spiro atoms. The molecule has 0 unspecified atom stereocenters. The van der Waals surface area contributed by atoms with E-state index < -0.39 is 0 Å². The summed E-state index contributed by atoms with van der Waals surface area (Å²) in [5, 5.41) is 24.0. The Bertz CT molecular complexity index is 900. The first-order chi connectivity index (χ1) is 10.9. The number of nitrogens with zero attached hydrogens (tertiary/aromatic N) is 4. The lowest BCUT2D eigenvalue weighted by Gasteiger charge is -2.10. The van der Waals surface area contributed by atoms with Gasteiger partial charge in [0, 0.05) is 22.5 Å². The van der Waals surface area contributed by atoms with E-state index in [1.165, 1.54) is 0 Å². The molecule has 0 aliphatic rings. The summed E-state index contributed by atoms with van der Waals surface area (Å²) in [6, 6.07) is 4.22. The SMILES string of the molecule is Cc1cc(-c2c(C)n[nH]c2C)nc(-c2c(C)n[nH]c2C)c1C#N. The van der Waals surface area contributed by atoms with E-state index in [4.69, 9.17) is 4.98 Å². The van der Waals surface area contributed by atoms with Crippen molar-refractivity contribution < 1.29 is 0 Å². The summed E-state index contributed by atoms with van der Waals surface area (Å²) in [5.74, 6) is 0. The fourth-order valence-electron chi connectivity index (χ4n) is 2.95. The van der Waals surface area contributed by atoms with Crippen LogP contribution in [0.5, 0.6) is 0 Å². The largest absolute Gasteiger partial charge is 0.282 e. The number of H-pyrrole nitrogens is 2. The van der Waals surface area contributed by atoms with Gasteiger partial charge < -0.3 is 0 Å². The number of nitriles is 1. The van der Waals surface area contributed by atoms with Gasteiger partial charge in [0.25, 0.3) is 0 Å². The van der Waals surface area contributed by atoms with E-state index in [1.807, 2.05) is 40.7 Å². The van der Waals surface area contributed by atoms with Gasteiger partial charge in [-0.3, -0.25) is 10.2 Å². The van der Waals surface area contributed by atoms with E-state index in [0.717, 1.165) is 45.2 Å². The van der Waals surface area contributed by atoms with E-state index >= 15 is 0 Å². The van der Waals surface area contributed by atoms with Crippen LogP contribution in [0.2, 0.25) is 0 Å². The van der Waals surface area contributed by atoms with Gasteiger partial charge in [0.05, 0.1) is 28.3 Å². The number of hydrogen-bond acceptors (Lipinski definition) is 4. The number of hydrogen-bond donors (Lipinski definition) is 2. The van der Waals surface area contributed by atoms with Gasteiger partial charge in [-0.05, 0) is 46.2 Å². The molecule has 3 heterocycles. The van der Waals surface area contributed by atoms with Crippen molar-refractivity contribution in [3.63, 3.8) is 0 Å². The topological polar surface area (TPSA) is 94.0 Å². The van der Waals surface area contributed by atoms with Crippen molar-refractivity contribution in [2.45, 2.75) is 34.6 Å². The van der Waals surface area contributed by atoms with Crippen molar-refractivity contribution in [2.24, 2.45) is 0 Å². The Morgan fingerprint density at radius 2 is 1.48 bits per heavy atom. The number of aromatic amines is 2. The van der Waals surface area contributed by atoms with Crippen molar-refractivity contribution in [1.29, 1.82) is 5.26 Å². The third-order valence-electron chi connectivity index (χ3n) is 4.08. The zero-order valence-corrected chi connectivity index (χ0v) is 13.9. The molecule has 6 nitrogen and oxygen atoms in total. The maximum atomic E-state index is 9.57. The van der Waals surface area contributed by atoms with Crippen LogP contribution in [0.3, 0.4) is 0 Å². The second-order valence-electron chi connectivity index (χ2n) is 5.78. The Morgan fingerprint density at radius 3 is 1.96 bits per heavy atom. The maximum Gasteiger partial charge on any atom is 0.102 e. The van der Waals surface area contributed by atoms with Gasteiger partial charge in [0.2, 0.25) is 0 Å². The standard InChI is InChI=1S/C17H18N6/c1-8-6-14(15-9(2)20-21-10(15)3)19-17(13(8)7-18)16-11(4)22-23-12(16)5/h6H,1-5H3,(H,20,21)(H,22,23). The van der Waals surface area contributed by atoms with Crippen LogP contribution in [0.4, 0.5) is 0 Å². The Morgan fingerprint density at radius 1 is 0.913 bits per heavy atom. The van der Waals surface area contributed by atoms with Crippen LogP contribution in [0, 0.1) is 45.9 Å². The number of pyridine rings is 1. The Kier molecular flexibility index (Phi) is 3.49. The molecule has 116 valence electrons. The first kappa shape index (κ1) is 15.0. The van der Waals surface area contributed by atoms with Crippen LogP contribution in [0.25, 0.3) is 22.5 Å². The highest BCUT2D eigenvalue weighted by molar-refractivity contribution is 5.76. The number of nitrogens with one attached hydrogen (secondary N) is 2. The third-order valence-corrected chi connectivity index (χ3v) is 4.08. The Hall–Kier alpha value is -2.94. The smallest absolute Gasteiger partial charge is 0.102 e. The summed E-state index contributed by atoms with van der Waals surface area (Å²) >= 11 is 0. The molecule has 6 heteroatoms. The minimum atomic E-state index is 0.583. The molecule has 0 saturated carbocycles. The minimum Gasteiger partial charge on any atom is -0.282 e. The predicted molar refractivity (Wildman–Crippen MR) is 87.8 cm³/mol. The van der Waals surface area contributed by atoms with Gasteiger partial charge in [0.1, 0.15) is 6.07 Å². The van der Waals surface area contributed by atoms with Crippen molar-refractivity contribution >= 4 is 0 Å². The molecule has 0 saturated heterocycles. The molecule has 23 heavy (non-hydrogen) atoms. The van der Waals surface area contributed by atoms with Gasteiger partial charge in [0.15, 0.2) is 0 Å². The molecule has 3 aromatic rings. The fraction of sp³-hybridized carbons (Fsp3) is 0.294. The highest BCUT2D eigenvalue weighted by atomic mass is 15.1. The summed E-state index contributed by atoms with van der Waals surface area (Å²) in [6.45, 7) is 9.70. The van der Waals surface area contributed by atoms with E-state index in [2.05, 4.69) is 26.5 Å². The first-order valence-electron chi connectivity index (χ1n) is 7.39. The van der Waals surface area contributed by atoms with Crippen LogP contribution in [-0.2, 0) is 0 Å². The molecule has 0 amide bonds. The molecule has 2 N–H and O–H groups in total.